The van der Waals surface area contributed by atoms with Crippen molar-refractivity contribution in [3.05, 3.63) is 23.3 Å². The molecular weight excluding hydrogens is 202 g/mol. The van der Waals surface area contributed by atoms with E-state index in [-0.39, 0.29) is 5.91 Å². The van der Waals surface area contributed by atoms with Crippen molar-refractivity contribution in [2.45, 2.75) is 20.3 Å². The lowest BCUT2D eigenvalue weighted by molar-refractivity contribution is -0.130. The van der Waals surface area contributed by atoms with Crippen LogP contribution >= 0.6 is 0 Å². The first-order chi connectivity index (χ1) is 7.68. The summed E-state index contributed by atoms with van der Waals surface area (Å²) in [6.45, 7) is 7.01. The topological polar surface area (TPSA) is 29.5 Å². The molecule has 0 radical (unpaired) electrons. The van der Waals surface area contributed by atoms with E-state index >= 15 is 0 Å². The van der Waals surface area contributed by atoms with Crippen LogP contribution in [0.1, 0.15) is 20.3 Å². The molecule has 0 bridgehead atoms. The summed E-state index contributed by atoms with van der Waals surface area (Å²) >= 11 is 0. The molecule has 1 amide bonds. The van der Waals surface area contributed by atoms with Crippen molar-refractivity contribution in [3.8, 4) is 0 Å². The number of rotatable bonds is 1. The van der Waals surface area contributed by atoms with E-state index in [1.165, 1.54) is 5.57 Å². The van der Waals surface area contributed by atoms with Gasteiger partial charge in [0, 0.05) is 18.7 Å². The molecule has 2 aliphatic rings. The molecule has 1 fully saturated rings. The molecule has 1 aliphatic carbocycles. The molecule has 0 aromatic heterocycles. The quantitative estimate of drug-likeness (QED) is 0.675. The van der Waals surface area contributed by atoms with Gasteiger partial charge in [-0.2, -0.15) is 0 Å². The van der Waals surface area contributed by atoms with Gasteiger partial charge in [-0.05, 0) is 19.3 Å². The van der Waals surface area contributed by atoms with Crippen LogP contribution in [0.15, 0.2) is 23.3 Å². The number of morpholine rings is 1. The van der Waals surface area contributed by atoms with Crippen LogP contribution in [0.2, 0.25) is 0 Å². The molecule has 1 heterocycles. The molecule has 0 saturated carbocycles. The fraction of sp³-hybridized carbons (Fsp3) is 0.615. The third-order valence-electron chi connectivity index (χ3n) is 3.21. The molecule has 0 N–H and O–H groups in total. The van der Waals surface area contributed by atoms with Crippen molar-refractivity contribution in [2.24, 2.45) is 5.92 Å². The average Bonchev–Trinajstić information content (AvgIpc) is 2.29. The number of carbonyl (C=O) groups excluding carboxylic acids is 1. The van der Waals surface area contributed by atoms with Gasteiger partial charge < -0.3 is 9.64 Å². The van der Waals surface area contributed by atoms with Gasteiger partial charge in [-0.25, -0.2) is 0 Å². The number of carbonyl (C=O) groups is 1. The highest BCUT2D eigenvalue weighted by Gasteiger charge is 2.22. The lowest BCUT2D eigenvalue weighted by atomic mass is 9.91. The first kappa shape index (κ1) is 11.4. The monoisotopic (exact) mass is 221 g/mol. The summed E-state index contributed by atoms with van der Waals surface area (Å²) in [6.07, 6.45) is 5.11. The molecule has 3 heteroatoms. The van der Waals surface area contributed by atoms with Crippen LogP contribution in [0.4, 0.5) is 0 Å². The fourth-order valence-electron chi connectivity index (χ4n) is 2.25. The first-order valence-electron chi connectivity index (χ1n) is 5.93. The largest absolute Gasteiger partial charge is 0.378 e. The Hall–Kier alpha value is -1.09. The Bertz CT molecular complexity index is 338. The van der Waals surface area contributed by atoms with Crippen LogP contribution < -0.4 is 0 Å². The normalized spacial score (nSPS) is 26.1. The van der Waals surface area contributed by atoms with Crippen molar-refractivity contribution in [1.82, 2.24) is 4.90 Å². The van der Waals surface area contributed by atoms with E-state index in [0.717, 1.165) is 25.1 Å². The van der Waals surface area contributed by atoms with Gasteiger partial charge in [0.1, 0.15) is 0 Å². The van der Waals surface area contributed by atoms with E-state index in [9.17, 15) is 4.79 Å². The van der Waals surface area contributed by atoms with Gasteiger partial charge in [0.05, 0.1) is 13.2 Å². The summed E-state index contributed by atoms with van der Waals surface area (Å²) in [7, 11) is 0. The molecular formula is C13H19NO2. The second-order valence-electron chi connectivity index (χ2n) is 4.64. The molecule has 0 spiro atoms. The lowest BCUT2D eigenvalue weighted by Crippen LogP contribution is -2.41. The van der Waals surface area contributed by atoms with E-state index in [2.05, 4.69) is 19.9 Å². The van der Waals surface area contributed by atoms with E-state index in [0.29, 0.717) is 19.1 Å². The SMILES string of the molecule is CC1=C(C(=O)N2CCOCC2)C=CC(C)C1. The van der Waals surface area contributed by atoms with Gasteiger partial charge in [-0.15, -0.1) is 0 Å². The van der Waals surface area contributed by atoms with Crippen molar-refractivity contribution < 1.29 is 9.53 Å². The van der Waals surface area contributed by atoms with Gasteiger partial charge in [-0.1, -0.05) is 24.6 Å². The van der Waals surface area contributed by atoms with Gasteiger partial charge in [-0.3, -0.25) is 4.79 Å². The highest BCUT2D eigenvalue weighted by molar-refractivity contribution is 5.97. The predicted octanol–water partition coefficient (Wildman–Crippen LogP) is 1.76. The second kappa shape index (κ2) is 4.83. The van der Waals surface area contributed by atoms with Gasteiger partial charge >= 0.3 is 0 Å². The molecule has 0 aromatic carbocycles. The zero-order valence-corrected chi connectivity index (χ0v) is 10.0. The molecule has 2 rings (SSSR count). The third kappa shape index (κ3) is 2.35. The molecule has 1 unspecified atom stereocenters. The minimum absolute atomic E-state index is 0.170. The Morgan fingerprint density at radius 1 is 1.44 bits per heavy atom. The zero-order chi connectivity index (χ0) is 11.5. The van der Waals surface area contributed by atoms with Crippen LogP contribution in [-0.2, 0) is 9.53 Å². The van der Waals surface area contributed by atoms with E-state index in [1.807, 2.05) is 11.0 Å². The Labute approximate surface area is 96.8 Å². The summed E-state index contributed by atoms with van der Waals surface area (Å²) in [5, 5.41) is 0. The summed E-state index contributed by atoms with van der Waals surface area (Å²) in [4.78, 5) is 14.1. The van der Waals surface area contributed by atoms with E-state index < -0.39 is 0 Å². The molecule has 1 aliphatic heterocycles. The van der Waals surface area contributed by atoms with Crippen molar-refractivity contribution in [1.29, 1.82) is 0 Å². The summed E-state index contributed by atoms with van der Waals surface area (Å²) in [5.74, 6) is 0.727. The third-order valence-corrected chi connectivity index (χ3v) is 3.21. The maximum atomic E-state index is 12.2. The minimum atomic E-state index is 0.170. The van der Waals surface area contributed by atoms with Crippen LogP contribution in [0, 0.1) is 5.92 Å². The molecule has 1 atom stereocenters. The first-order valence-corrected chi connectivity index (χ1v) is 5.93. The number of ether oxygens (including phenoxy) is 1. The maximum Gasteiger partial charge on any atom is 0.253 e. The van der Waals surface area contributed by atoms with Crippen LogP contribution in [0.5, 0.6) is 0 Å². The zero-order valence-electron chi connectivity index (χ0n) is 10.0. The Kier molecular flexibility index (Phi) is 3.44. The van der Waals surface area contributed by atoms with Crippen molar-refractivity contribution in [3.63, 3.8) is 0 Å². The Morgan fingerprint density at radius 3 is 2.75 bits per heavy atom. The van der Waals surface area contributed by atoms with E-state index in [4.69, 9.17) is 4.74 Å². The molecule has 16 heavy (non-hydrogen) atoms. The maximum absolute atomic E-state index is 12.2. The Balaban J connectivity index is 2.09. The summed E-state index contributed by atoms with van der Waals surface area (Å²) in [6, 6.07) is 0. The van der Waals surface area contributed by atoms with Gasteiger partial charge in [0.15, 0.2) is 0 Å². The smallest absolute Gasteiger partial charge is 0.253 e. The fourth-order valence-corrected chi connectivity index (χ4v) is 2.25. The van der Waals surface area contributed by atoms with Gasteiger partial charge in [0.25, 0.3) is 5.91 Å². The second-order valence-corrected chi connectivity index (χ2v) is 4.64. The number of amides is 1. The highest BCUT2D eigenvalue weighted by atomic mass is 16.5. The molecule has 88 valence electrons. The highest BCUT2D eigenvalue weighted by Crippen LogP contribution is 2.24. The number of allylic oxidation sites excluding steroid dienone is 2. The van der Waals surface area contributed by atoms with Crippen LogP contribution in [0.3, 0.4) is 0 Å². The molecule has 3 nitrogen and oxygen atoms in total. The summed E-state index contributed by atoms with van der Waals surface area (Å²) < 4.78 is 5.25. The van der Waals surface area contributed by atoms with Gasteiger partial charge in [0.2, 0.25) is 0 Å². The van der Waals surface area contributed by atoms with Crippen molar-refractivity contribution in [2.75, 3.05) is 26.3 Å². The van der Waals surface area contributed by atoms with E-state index in [1.54, 1.807) is 0 Å². The standard InChI is InChI=1S/C13H19NO2/c1-10-3-4-12(11(2)9-10)13(15)14-5-7-16-8-6-14/h3-4,10H,5-9H2,1-2H3. The molecule has 1 saturated heterocycles. The van der Waals surface area contributed by atoms with Crippen LogP contribution in [-0.4, -0.2) is 37.1 Å². The Morgan fingerprint density at radius 2 is 2.12 bits per heavy atom. The minimum Gasteiger partial charge on any atom is -0.378 e. The van der Waals surface area contributed by atoms with Crippen molar-refractivity contribution >= 4 is 5.91 Å². The lowest BCUT2D eigenvalue weighted by Gasteiger charge is -2.29. The predicted molar refractivity (Wildman–Crippen MR) is 63.0 cm³/mol. The number of nitrogens with zero attached hydrogens (tertiary/aromatic N) is 1. The van der Waals surface area contributed by atoms with Crippen LogP contribution in [0.25, 0.3) is 0 Å². The number of hydrogen-bond donors (Lipinski definition) is 0. The number of hydrogen-bond acceptors (Lipinski definition) is 2. The molecule has 0 aromatic rings. The average molecular weight is 221 g/mol. The summed E-state index contributed by atoms with van der Waals surface area (Å²) in [5.41, 5.74) is 2.10.